The molecule has 2 aromatic heterocycles. The summed E-state index contributed by atoms with van der Waals surface area (Å²) in [5.41, 5.74) is 7.91. The quantitative estimate of drug-likeness (QED) is 0.363. The molecule has 0 aliphatic rings. The number of hydrogen-bond acceptors (Lipinski definition) is 10. The topological polar surface area (TPSA) is 115 Å². The molecule has 4 aromatic rings. The first kappa shape index (κ1) is 19.1. The fraction of sp³-hybridized carbons (Fsp3) is 0.105. The summed E-state index contributed by atoms with van der Waals surface area (Å²) in [6, 6.07) is 19.8. The zero-order valence-corrected chi connectivity index (χ0v) is 17.0. The van der Waals surface area contributed by atoms with Gasteiger partial charge in [0.05, 0.1) is 5.75 Å². The maximum atomic E-state index is 5.83. The summed E-state index contributed by atoms with van der Waals surface area (Å²) >= 11 is 3.00. The molecule has 0 fully saturated rings. The van der Waals surface area contributed by atoms with Crippen LogP contribution in [0.5, 0.6) is 0 Å². The van der Waals surface area contributed by atoms with E-state index in [0.717, 1.165) is 15.2 Å². The summed E-state index contributed by atoms with van der Waals surface area (Å²) in [5, 5.41) is 15.6. The Morgan fingerprint density at radius 3 is 2.45 bits per heavy atom. The fourth-order valence-corrected chi connectivity index (χ4v) is 4.05. The number of anilines is 4. The molecule has 0 unspecified atom stereocenters. The molecule has 0 spiro atoms. The average Bonchev–Trinajstić information content (AvgIpc) is 3.20. The predicted molar refractivity (Wildman–Crippen MR) is 117 cm³/mol. The number of nitrogens with zero attached hydrogens (tertiary/aromatic N) is 5. The third-order valence-corrected chi connectivity index (χ3v) is 5.76. The molecule has 0 bridgehead atoms. The number of hydrogen-bond donors (Lipinski definition) is 3. The van der Waals surface area contributed by atoms with E-state index in [-0.39, 0.29) is 5.95 Å². The van der Waals surface area contributed by atoms with Gasteiger partial charge in [0.15, 0.2) is 4.34 Å². The van der Waals surface area contributed by atoms with Crippen LogP contribution in [-0.4, -0.2) is 25.1 Å². The van der Waals surface area contributed by atoms with Crippen LogP contribution < -0.4 is 16.4 Å². The highest BCUT2D eigenvalue weighted by atomic mass is 32.2. The summed E-state index contributed by atoms with van der Waals surface area (Å²) in [7, 11) is 0. The lowest BCUT2D eigenvalue weighted by Gasteiger charge is -2.06. The lowest BCUT2D eigenvalue weighted by molar-refractivity contribution is 0.972. The Kier molecular flexibility index (Phi) is 6.13. The van der Waals surface area contributed by atoms with Gasteiger partial charge in [0.25, 0.3) is 0 Å². The van der Waals surface area contributed by atoms with Crippen LogP contribution in [0.2, 0.25) is 0 Å². The van der Waals surface area contributed by atoms with Gasteiger partial charge in [0, 0.05) is 12.2 Å². The standard InChI is InChI=1S/C19H18N8S2/c20-16-23-15(24-17(25-16)22-14-9-5-2-6-10-14)12-28-19-27-26-18(29-19)21-11-13-7-3-1-4-8-13/h1-10H,11-12H2,(H,21,26)(H3,20,22,23,24,25). The lowest BCUT2D eigenvalue weighted by atomic mass is 10.2. The van der Waals surface area contributed by atoms with Crippen molar-refractivity contribution in [2.45, 2.75) is 16.6 Å². The van der Waals surface area contributed by atoms with E-state index in [1.807, 2.05) is 48.5 Å². The molecule has 4 N–H and O–H groups in total. The van der Waals surface area contributed by atoms with Crippen LogP contribution in [0.4, 0.5) is 22.7 Å². The number of nitrogens with one attached hydrogen (secondary N) is 2. The van der Waals surface area contributed by atoms with Gasteiger partial charge in [-0.25, -0.2) is 0 Å². The van der Waals surface area contributed by atoms with Crippen LogP contribution in [0.3, 0.4) is 0 Å². The molecule has 2 heterocycles. The van der Waals surface area contributed by atoms with Crippen molar-refractivity contribution in [3.63, 3.8) is 0 Å². The van der Waals surface area contributed by atoms with E-state index in [2.05, 4.69) is 47.9 Å². The second kappa shape index (κ2) is 9.30. The van der Waals surface area contributed by atoms with E-state index in [1.54, 1.807) is 0 Å². The Morgan fingerprint density at radius 1 is 0.897 bits per heavy atom. The van der Waals surface area contributed by atoms with Crippen LogP contribution >= 0.6 is 23.1 Å². The molecular weight excluding hydrogens is 404 g/mol. The second-order valence-corrected chi connectivity index (χ2v) is 8.13. The monoisotopic (exact) mass is 422 g/mol. The van der Waals surface area contributed by atoms with Gasteiger partial charge in [0.1, 0.15) is 5.82 Å². The average molecular weight is 423 g/mol. The molecule has 0 saturated carbocycles. The minimum Gasteiger partial charge on any atom is -0.368 e. The molecule has 146 valence electrons. The van der Waals surface area contributed by atoms with Gasteiger partial charge < -0.3 is 16.4 Å². The minimum atomic E-state index is 0.177. The molecule has 4 rings (SSSR count). The Balaban J connectivity index is 1.35. The molecule has 0 atom stereocenters. The Hall–Kier alpha value is -3.24. The molecule has 0 aliphatic heterocycles. The van der Waals surface area contributed by atoms with E-state index < -0.39 is 0 Å². The molecule has 0 amide bonds. The number of benzene rings is 2. The molecule has 2 aromatic carbocycles. The highest BCUT2D eigenvalue weighted by molar-refractivity contribution is 8.00. The van der Waals surface area contributed by atoms with Gasteiger partial charge in [-0.05, 0) is 17.7 Å². The third-order valence-electron chi connectivity index (χ3n) is 3.75. The van der Waals surface area contributed by atoms with Gasteiger partial charge >= 0.3 is 0 Å². The third kappa shape index (κ3) is 5.62. The Labute approximate surface area is 176 Å². The van der Waals surface area contributed by atoms with Crippen molar-refractivity contribution in [1.82, 2.24) is 25.1 Å². The van der Waals surface area contributed by atoms with Gasteiger partial charge in [-0.3, -0.25) is 0 Å². The minimum absolute atomic E-state index is 0.177. The normalized spacial score (nSPS) is 10.6. The van der Waals surface area contributed by atoms with Crippen LogP contribution in [0.25, 0.3) is 0 Å². The van der Waals surface area contributed by atoms with E-state index in [4.69, 9.17) is 5.73 Å². The SMILES string of the molecule is Nc1nc(CSc2nnc(NCc3ccccc3)s2)nc(Nc2ccccc2)n1. The number of aromatic nitrogens is 5. The van der Waals surface area contributed by atoms with Crippen LogP contribution in [0, 0.1) is 0 Å². The summed E-state index contributed by atoms with van der Waals surface area (Å²) < 4.78 is 0.831. The van der Waals surface area contributed by atoms with Crippen LogP contribution in [-0.2, 0) is 12.3 Å². The van der Waals surface area contributed by atoms with Gasteiger partial charge in [-0.15, -0.1) is 10.2 Å². The highest BCUT2D eigenvalue weighted by Gasteiger charge is 2.09. The molecule has 0 radical (unpaired) electrons. The summed E-state index contributed by atoms with van der Waals surface area (Å²) in [6.45, 7) is 0.707. The van der Waals surface area contributed by atoms with E-state index in [0.29, 0.717) is 24.1 Å². The summed E-state index contributed by atoms with van der Waals surface area (Å²) in [4.78, 5) is 12.8. The zero-order valence-electron chi connectivity index (χ0n) is 15.3. The van der Waals surface area contributed by atoms with E-state index >= 15 is 0 Å². The highest BCUT2D eigenvalue weighted by Crippen LogP contribution is 2.28. The van der Waals surface area contributed by atoms with Gasteiger partial charge in [-0.2, -0.15) is 15.0 Å². The number of para-hydroxylation sites is 1. The lowest BCUT2D eigenvalue weighted by Crippen LogP contribution is -2.06. The van der Waals surface area contributed by atoms with Crippen molar-refractivity contribution in [3.8, 4) is 0 Å². The molecule has 0 aliphatic carbocycles. The first-order valence-corrected chi connectivity index (χ1v) is 10.6. The number of nitrogen functional groups attached to an aromatic ring is 1. The molecule has 8 nitrogen and oxygen atoms in total. The Bertz CT molecular complexity index is 1060. The first-order valence-electron chi connectivity index (χ1n) is 8.81. The molecule has 0 saturated heterocycles. The predicted octanol–water partition coefficient (Wildman–Crippen LogP) is 3.95. The van der Waals surface area contributed by atoms with Crippen molar-refractivity contribution in [2.75, 3.05) is 16.4 Å². The fourth-order valence-electron chi connectivity index (χ4n) is 2.45. The van der Waals surface area contributed by atoms with E-state index in [1.165, 1.54) is 28.7 Å². The first-order chi connectivity index (χ1) is 14.2. The molecular formula is C19H18N8S2. The van der Waals surface area contributed by atoms with Crippen molar-refractivity contribution in [1.29, 1.82) is 0 Å². The van der Waals surface area contributed by atoms with Crippen molar-refractivity contribution in [2.24, 2.45) is 0 Å². The van der Waals surface area contributed by atoms with Crippen LogP contribution in [0.1, 0.15) is 11.4 Å². The molecule has 29 heavy (non-hydrogen) atoms. The van der Waals surface area contributed by atoms with Gasteiger partial charge in [-0.1, -0.05) is 71.6 Å². The summed E-state index contributed by atoms with van der Waals surface area (Å²) in [6.07, 6.45) is 0. The zero-order chi connectivity index (χ0) is 19.9. The van der Waals surface area contributed by atoms with Crippen molar-refractivity contribution < 1.29 is 0 Å². The van der Waals surface area contributed by atoms with Crippen molar-refractivity contribution >= 4 is 45.8 Å². The number of nitrogens with two attached hydrogens (primary N) is 1. The van der Waals surface area contributed by atoms with Gasteiger partial charge in [0.2, 0.25) is 17.0 Å². The number of thioether (sulfide) groups is 1. The summed E-state index contributed by atoms with van der Waals surface area (Å²) in [5.74, 6) is 1.69. The van der Waals surface area contributed by atoms with Crippen LogP contribution in [0.15, 0.2) is 65.0 Å². The van der Waals surface area contributed by atoms with E-state index in [9.17, 15) is 0 Å². The number of rotatable bonds is 8. The van der Waals surface area contributed by atoms with Crippen molar-refractivity contribution in [3.05, 3.63) is 72.1 Å². The maximum absolute atomic E-state index is 5.83. The largest absolute Gasteiger partial charge is 0.368 e. The second-order valence-electron chi connectivity index (χ2n) is 5.93. The smallest absolute Gasteiger partial charge is 0.232 e. The maximum Gasteiger partial charge on any atom is 0.232 e. The Morgan fingerprint density at radius 2 is 1.66 bits per heavy atom. The molecule has 10 heteroatoms.